The van der Waals surface area contributed by atoms with Gasteiger partial charge in [-0.25, -0.2) is 28.1 Å². The molecule has 2 unspecified atom stereocenters. The molecule has 0 saturated carbocycles. The topological polar surface area (TPSA) is 129 Å². The lowest BCUT2D eigenvalue weighted by Crippen LogP contribution is -2.55. The number of anilines is 1. The van der Waals surface area contributed by atoms with Gasteiger partial charge >= 0.3 is 18.0 Å². The maximum Gasteiger partial charge on any atom is 0.338 e. The first kappa shape index (κ1) is 32.1. The molecular formula is C31H35F2N5O6. The van der Waals surface area contributed by atoms with Gasteiger partial charge in [0, 0.05) is 45.3 Å². The third kappa shape index (κ3) is 7.59. The van der Waals surface area contributed by atoms with E-state index in [0.717, 1.165) is 48.4 Å². The van der Waals surface area contributed by atoms with Crippen LogP contribution in [0.25, 0.3) is 0 Å². The van der Waals surface area contributed by atoms with Gasteiger partial charge in [-0.3, -0.25) is 4.79 Å². The maximum absolute atomic E-state index is 14.2. The van der Waals surface area contributed by atoms with Crippen molar-refractivity contribution in [3.05, 3.63) is 88.8 Å². The molecule has 2 aliphatic rings. The number of amides is 5. The Labute approximate surface area is 253 Å². The Morgan fingerprint density at radius 1 is 1.07 bits per heavy atom. The molecule has 2 aromatic carbocycles. The van der Waals surface area contributed by atoms with E-state index in [1.54, 1.807) is 0 Å². The number of methoxy groups -OCH3 is 2. The van der Waals surface area contributed by atoms with Crippen LogP contribution in [0.3, 0.4) is 0 Å². The molecule has 0 radical (unpaired) electrons. The first-order chi connectivity index (χ1) is 21.1. The fraction of sp³-hybridized carbons (Fsp3) is 0.355. The average molecular weight is 612 g/mol. The second-order valence-corrected chi connectivity index (χ2v) is 10.4. The van der Waals surface area contributed by atoms with Gasteiger partial charge < -0.3 is 30.3 Å². The molecule has 2 heterocycles. The number of hydrogen-bond acceptors (Lipinski definition) is 7. The van der Waals surface area contributed by atoms with Gasteiger partial charge in [-0.15, -0.1) is 0 Å². The van der Waals surface area contributed by atoms with E-state index in [1.165, 1.54) is 20.1 Å². The molecule has 11 nitrogen and oxygen atoms in total. The molecule has 0 fully saturated rings. The van der Waals surface area contributed by atoms with Crippen molar-refractivity contribution >= 4 is 29.6 Å². The number of rotatable bonds is 10. The summed E-state index contributed by atoms with van der Waals surface area (Å²) in [5, 5.41) is 7.98. The SMILES string of the molecule is COCC1=C(C(=O)OC)C(c2ccc(F)c(F)c2)N(C(=O)NCCCN2C=CC(c3cccc(NC(C)=O)c3)CC2)C(=O)N1. The van der Waals surface area contributed by atoms with Crippen molar-refractivity contribution in [2.24, 2.45) is 0 Å². The summed E-state index contributed by atoms with van der Waals surface area (Å²) >= 11 is 0. The number of benzene rings is 2. The predicted octanol–water partition coefficient (Wildman–Crippen LogP) is 4.17. The van der Waals surface area contributed by atoms with Crippen molar-refractivity contribution in [3.63, 3.8) is 0 Å². The highest BCUT2D eigenvalue weighted by atomic mass is 19.2. The van der Waals surface area contributed by atoms with Crippen LogP contribution in [0.5, 0.6) is 0 Å². The van der Waals surface area contributed by atoms with Crippen LogP contribution in [-0.4, -0.2) is 74.2 Å². The number of allylic oxidation sites excluding steroid dienone is 1. The smallest absolute Gasteiger partial charge is 0.338 e. The highest BCUT2D eigenvalue weighted by Gasteiger charge is 2.43. The molecule has 0 aromatic heterocycles. The lowest BCUT2D eigenvalue weighted by Gasteiger charge is -2.36. The molecule has 0 saturated heterocycles. The Kier molecular flexibility index (Phi) is 10.7. The normalized spacial score (nSPS) is 18.2. The van der Waals surface area contributed by atoms with Gasteiger partial charge in [0.1, 0.15) is 6.04 Å². The Balaban J connectivity index is 1.41. The van der Waals surface area contributed by atoms with E-state index in [1.807, 2.05) is 30.5 Å². The first-order valence-electron chi connectivity index (χ1n) is 14.1. The van der Waals surface area contributed by atoms with Gasteiger partial charge in [-0.2, -0.15) is 0 Å². The number of urea groups is 2. The maximum atomic E-state index is 14.2. The zero-order valence-corrected chi connectivity index (χ0v) is 24.7. The number of carbonyl (C=O) groups is 4. The third-order valence-corrected chi connectivity index (χ3v) is 7.30. The van der Waals surface area contributed by atoms with Gasteiger partial charge in [0.05, 0.1) is 25.0 Å². The van der Waals surface area contributed by atoms with Crippen molar-refractivity contribution in [3.8, 4) is 0 Å². The van der Waals surface area contributed by atoms with E-state index in [-0.39, 0.29) is 41.8 Å². The Morgan fingerprint density at radius 2 is 1.86 bits per heavy atom. The van der Waals surface area contributed by atoms with Gasteiger partial charge in [0.25, 0.3) is 0 Å². The zero-order chi connectivity index (χ0) is 31.8. The molecule has 2 atom stereocenters. The van der Waals surface area contributed by atoms with Gasteiger partial charge in [-0.1, -0.05) is 24.3 Å². The van der Waals surface area contributed by atoms with Crippen LogP contribution in [0, 0.1) is 11.6 Å². The molecule has 2 aromatic rings. The fourth-order valence-electron chi connectivity index (χ4n) is 5.26. The van der Waals surface area contributed by atoms with Crippen molar-refractivity contribution in [2.75, 3.05) is 45.8 Å². The second-order valence-electron chi connectivity index (χ2n) is 10.4. The second kappa shape index (κ2) is 14.6. The number of nitrogens with zero attached hydrogens (tertiary/aromatic N) is 2. The number of halogens is 2. The molecule has 4 rings (SSSR count). The van der Waals surface area contributed by atoms with Gasteiger partial charge in [-0.05, 0) is 54.4 Å². The molecule has 0 bridgehead atoms. The summed E-state index contributed by atoms with van der Waals surface area (Å²) in [6, 6.07) is 7.52. The molecule has 0 spiro atoms. The Morgan fingerprint density at radius 3 is 2.52 bits per heavy atom. The van der Waals surface area contributed by atoms with E-state index >= 15 is 0 Å². The zero-order valence-electron chi connectivity index (χ0n) is 24.7. The molecule has 0 aliphatic carbocycles. The van der Waals surface area contributed by atoms with Crippen molar-refractivity contribution in [1.82, 2.24) is 20.4 Å². The van der Waals surface area contributed by atoms with E-state index in [9.17, 15) is 28.0 Å². The third-order valence-electron chi connectivity index (χ3n) is 7.30. The largest absolute Gasteiger partial charge is 0.466 e. The number of hydrogen-bond donors (Lipinski definition) is 3. The van der Waals surface area contributed by atoms with Crippen molar-refractivity contribution < 1.29 is 37.4 Å². The van der Waals surface area contributed by atoms with E-state index in [4.69, 9.17) is 9.47 Å². The summed E-state index contributed by atoms with van der Waals surface area (Å²) in [5.74, 6) is -3.13. The minimum atomic E-state index is -1.40. The van der Waals surface area contributed by atoms with Gasteiger partial charge in [0.2, 0.25) is 5.91 Å². The van der Waals surface area contributed by atoms with Gasteiger partial charge in [0.15, 0.2) is 11.6 Å². The highest BCUT2D eigenvalue weighted by Crippen LogP contribution is 2.35. The molecule has 2 aliphatic heterocycles. The number of esters is 1. The van der Waals surface area contributed by atoms with Crippen LogP contribution >= 0.6 is 0 Å². The predicted molar refractivity (Wildman–Crippen MR) is 157 cm³/mol. The summed E-state index contributed by atoms with van der Waals surface area (Å²) in [7, 11) is 2.48. The fourth-order valence-corrected chi connectivity index (χ4v) is 5.26. The van der Waals surface area contributed by atoms with Crippen molar-refractivity contribution in [2.45, 2.75) is 31.7 Å². The minimum absolute atomic E-state index is 0.00137. The lowest BCUT2D eigenvalue weighted by molar-refractivity contribution is -0.137. The highest BCUT2D eigenvalue weighted by molar-refractivity contribution is 6.01. The average Bonchev–Trinajstić information content (AvgIpc) is 3.00. The molecule has 44 heavy (non-hydrogen) atoms. The van der Waals surface area contributed by atoms with Crippen LogP contribution in [-0.2, 0) is 19.1 Å². The summed E-state index contributed by atoms with van der Waals surface area (Å²) in [4.78, 5) is 53.5. The van der Waals surface area contributed by atoms with E-state index in [2.05, 4.69) is 26.9 Å². The minimum Gasteiger partial charge on any atom is -0.466 e. The molecule has 13 heteroatoms. The number of carbonyl (C=O) groups excluding carboxylic acids is 4. The number of imide groups is 1. The Bertz CT molecular complexity index is 1480. The lowest BCUT2D eigenvalue weighted by atomic mass is 9.93. The standard InChI is InChI=1S/C31H35F2N5O6/c1-19(39)35-23-7-4-6-21(16-23)20-10-14-37(15-11-20)13-5-12-34-30(41)38-28(22-8-9-24(32)25(33)17-22)27(29(40)44-3)26(18-43-2)36-31(38)42/h4,6-10,14,16-17,20,28H,5,11-13,15,18H2,1-3H3,(H,34,41)(H,35,39)(H,36,42). The van der Waals surface area contributed by atoms with Crippen LogP contribution in [0.4, 0.5) is 24.1 Å². The molecule has 5 amide bonds. The van der Waals surface area contributed by atoms with Crippen LogP contribution in [0.15, 0.2) is 66.0 Å². The molecular weight excluding hydrogens is 576 g/mol. The monoisotopic (exact) mass is 611 g/mol. The Hall–Kier alpha value is -4.78. The van der Waals surface area contributed by atoms with Crippen LogP contribution in [0.2, 0.25) is 0 Å². The van der Waals surface area contributed by atoms with E-state index < -0.39 is 35.7 Å². The van der Waals surface area contributed by atoms with Crippen LogP contribution < -0.4 is 16.0 Å². The number of nitrogens with one attached hydrogen (secondary N) is 3. The summed E-state index contributed by atoms with van der Waals surface area (Å²) in [6.45, 7) is 2.87. The van der Waals surface area contributed by atoms with E-state index in [0.29, 0.717) is 13.0 Å². The quantitative estimate of drug-likeness (QED) is 0.272. The summed E-state index contributed by atoms with van der Waals surface area (Å²) < 4.78 is 38.0. The molecule has 234 valence electrons. The first-order valence-corrected chi connectivity index (χ1v) is 14.1. The summed E-state index contributed by atoms with van der Waals surface area (Å²) in [6.07, 6.45) is 5.50. The van der Waals surface area contributed by atoms with Crippen LogP contribution in [0.1, 0.15) is 42.9 Å². The number of ether oxygens (including phenoxy) is 2. The summed E-state index contributed by atoms with van der Waals surface area (Å²) in [5.41, 5.74) is 1.74. The van der Waals surface area contributed by atoms with Crippen molar-refractivity contribution in [1.29, 1.82) is 0 Å². The molecule has 3 N–H and O–H groups in total.